The first-order valence-corrected chi connectivity index (χ1v) is 7.50. The van der Waals surface area contributed by atoms with Gasteiger partial charge >= 0.3 is 0 Å². The zero-order valence-corrected chi connectivity index (χ0v) is 12.3. The fraction of sp³-hybridized carbons (Fsp3) is 0.333. The van der Waals surface area contributed by atoms with E-state index in [0.29, 0.717) is 6.04 Å². The third-order valence-corrected chi connectivity index (χ3v) is 3.75. The van der Waals surface area contributed by atoms with Crippen LogP contribution < -0.4 is 14.8 Å². The fourth-order valence-corrected chi connectivity index (χ4v) is 2.52. The summed E-state index contributed by atoms with van der Waals surface area (Å²) in [5.41, 5.74) is 2.44. The SMILES string of the molecule is CC(NCc1cccc2c1OCCCO2)c1ccccc1. The van der Waals surface area contributed by atoms with Gasteiger partial charge in [-0.2, -0.15) is 0 Å². The van der Waals surface area contributed by atoms with E-state index in [9.17, 15) is 0 Å². The van der Waals surface area contributed by atoms with Crippen molar-refractivity contribution in [3.8, 4) is 11.5 Å². The van der Waals surface area contributed by atoms with Crippen molar-refractivity contribution in [2.45, 2.75) is 25.9 Å². The van der Waals surface area contributed by atoms with Crippen molar-refractivity contribution in [1.29, 1.82) is 0 Å². The van der Waals surface area contributed by atoms with E-state index in [4.69, 9.17) is 9.47 Å². The minimum absolute atomic E-state index is 0.300. The summed E-state index contributed by atoms with van der Waals surface area (Å²) in [6, 6.07) is 16.9. The molecule has 3 rings (SSSR count). The molecule has 3 nitrogen and oxygen atoms in total. The lowest BCUT2D eigenvalue weighted by atomic mass is 10.1. The molecule has 0 saturated carbocycles. The monoisotopic (exact) mass is 283 g/mol. The highest BCUT2D eigenvalue weighted by Crippen LogP contribution is 2.33. The van der Waals surface area contributed by atoms with Gasteiger partial charge in [-0.1, -0.05) is 42.5 Å². The van der Waals surface area contributed by atoms with Crippen molar-refractivity contribution in [1.82, 2.24) is 5.32 Å². The first kappa shape index (κ1) is 14.0. The minimum Gasteiger partial charge on any atom is -0.490 e. The van der Waals surface area contributed by atoms with Crippen molar-refractivity contribution in [3.05, 3.63) is 59.7 Å². The molecule has 1 unspecified atom stereocenters. The molecule has 0 bridgehead atoms. The molecule has 21 heavy (non-hydrogen) atoms. The van der Waals surface area contributed by atoms with Crippen molar-refractivity contribution < 1.29 is 9.47 Å². The average molecular weight is 283 g/mol. The maximum atomic E-state index is 5.85. The van der Waals surface area contributed by atoms with Crippen LogP contribution in [0.1, 0.15) is 30.5 Å². The summed E-state index contributed by atoms with van der Waals surface area (Å²) in [6.07, 6.45) is 0.933. The Balaban J connectivity index is 1.71. The van der Waals surface area contributed by atoms with E-state index in [0.717, 1.165) is 43.2 Å². The van der Waals surface area contributed by atoms with Crippen molar-refractivity contribution in [2.75, 3.05) is 13.2 Å². The molecule has 0 aromatic heterocycles. The van der Waals surface area contributed by atoms with Gasteiger partial charge < -0.3 is 14.8 Å². The lowest BCUT2D eigenvalue weighted by molar-refractivity contribution is 0.295. The van der Waals surface area contributed by atoms with Gasteiger partial charge in [0.25, 0.3) is 0 Å². The van der Waals surface area contributed by atoms with Crippen LogP contribution in [-0.2, 0) is 6.54 Å². The zero-order chi connectivity index (χ0) is 14.5. The van der Waals surface area contributed by atoms with Gasteiger partial charge in [-0.25, -0.2) is 0 Å². The van der Waals surface area contributed by atoms with Gasteiger partial charge in [0.05, 0.1) is 13.2 Å². The van der Waals surface area contributed by atoms with Crippen LogP contribution in [0.2, 0.25) is 0 Å². The van der Waals surface area contributed by atoms with Crippen molar-refractivity contribution in [3.63, 3.8) is 0 Å². The molecule has 2 aromatic carbocycles. The van der Waals surface area contributed by atoms with Crippen LogP contribution >= 0.6 is 0 Å². The second kappa shape index (κ2) is 6.64. The maximum absolute atomic E-state index is 5.85. The summed E-state index contributed by atoms with van der Waals surface area (Å²) < 4.78 is 11.6. The Morgan fingerprint density at radius 3 is 2.67 bits per heavy atom. The third-order valence-electron chi connectivity index (χ3n) is 3.75. The molecule has 0 radical (unpaired) electrons. The zero-order valence-electron chi connectivity index (χ0n) is 12.3. The average Bonchev–Trinajstić information content (AvgIpc) is 2.79. The lowest BCUT2D eigenvalue weighted by Crippen LogP contribution is -2.18. The number of hydrogen-bond acceptors (Lipinski definition) is 3. The molecule has 110 valence electrons. The highest BCUT2D eigenvalue weighted by atomic mass is 16.5. The molecule has 1 atom stereocenters. The predicted octanol–water partition coefficient (Wildman–Crippen LogP) is 3.70. The normalized spacial score (nSPS) is 15.3. The molecule has 1 heterocycles. The molecule has 0 fully saturated rings. The van der Waals surface area contributed by atoms with E-state index in [1.807, 2.05) is 18.2 Å². The Hall–Kier alpha value is -2.00. The Kier molecular flexibility index (Phi) is 4.41. The van der Waals surface area contributed by atoms with Gasteiger partial charge in [0.2, 0.25) is 0 Å². The smallest absolute Gasteiger partial charge is 0.165 e. The molecule has 3 heteroatoms. The number of rotatable bonds is 4. The number of nitrogens with one attached hydrogen (secondary N) is 1. The molecule has 1 N–H and O–H groups in total. The summed E-state index contributed by atoms with van der Waals surface area (Å²) in [7, 11) is 0. The van der Waals surface area contributed by atoms with Crippen LogP contribution in [0.4, 0.5) is 0 Å². The lowest BCUT2D eigenvalue weighted by Gasteiger charge is -2.17. The third kappa shape index (κ3) is 3.37. The number of para-hydroxylation sites is 1. The standard InChI is InChI=1S/C18H21NO2/c1-14(15-7-3-2-4-8-15)19-13-16-9-5-10-17-18(16)21-12-6-11-20-17/h2-5,7-10,14,19H,6,11-13H2,1H3. The Morgan fingerprint density at radius 1 is 1.00 bits per heavy atom. The van der Waals surface area contributed by atoms with E-state index >= 15 is 0 Å². The number of fused-ring (bicyclic) bond motifs is 1. The van der Waals surface area contributed by atoms with Crippen molar-refractivity contribution in [2.24, 2.45) is 0 Å². The topological polar surface area (TPSA) is 30.5 Å². The van der Waals surface area contributed by atoms with Crippen LogP contribution in [0.25, 0.3) is 0 Å². The number of hydrogen-bond donors (Lipinski definition) is 1. The second-order valence-corrected chi connectivity index (χ2v) is 5.31. The Labute approximate surface area is 125 Å². The van der Waals surface area contributed by atoms with Gasteiger partial charge in [0.15, 0.2) is 11.5 Å². The Bertz CT molecular complexity index is 583. The fourth-order valence-electron chi connectivity index (χ4n) is 2.52. The quantitative estimate of drug-likeness (QED) is 0.928. The van der Waals surface area contributed by atoms with E-state index in [1.54, 1.807) is 0 Å². The molecular formula is C18H21NO2. The summed E-state index contributed by atoms with van der Waals surface area (Å²) in [5.74, 6) is 1.75. The molecule has 0 amide bonds. The van der Waals surface area contributed by atoms with Gasteiger partial charge in [-0.3, -0.25) is 0 Å². The minimum atomic E-state index is 0.300. The Morgan fingerprint density at radius 2 is 1.81 bits per heavy atom. The van der Waals surface area contributed by atoms with E-state index in [1.165, 1.54) is 5.56 Å². The van der Waals surface area contributed by atoms with E-state index in [-0.39, 0.29) is 0 Å². The molecule has 0 saturated heterocycles. The summed E-state index contributed by atoms with van der Waals surface area (Å²) in [6.45, 7) is 4.39. The van der Waals surface area contributed by atoms with E-state index < -0.39 is 0 Å². The molecular weight excluding hydrogens is 262 g/mol. The van der Waals surface area contributed by atoms with E-state index in [2.05, 4.69) is 42.6 Å². The van der Waals surface area contributed by atoms with Crippen LogP contribution in [-0.4, -0.2) is 13.2 Å². The first-order chi connectivity index (χ1) is 10.3. The molecule has 1 aliphatic heterocycles. The first-order valence-electron chi connectivity index (χ1n) is 7.50. The second-order valence-electron chi connectivity index (χ2n) is 5.31. The van der Waals surface area contributed by atoms with Gasteiger partial charge in [-0.15, -0.1) is 0 Å². The molecule has 0 spiro atoms. The summed E-state index contributed by atoms with van der Waals surface area (Å²) in [5, 5.41) is 3.55. The largest absolute Gasteiger partial charge is 0.490 e. The van der Waals surface area contributed by atoms with Crippen molar-refractivity contribution >= 4 is 0 Å². The van der Waals surface area contributed by atoms with Crippen LogP contribution in [0, 0.1) is 0 Å². The maximum Gasteiger partial charge on any atom is 0.165 e. The summed E-state index contributed by atoms with van der Waals surface area (Å²) >= 11 is 0. The van der Waals surface area contributed by atoms with Gasteiger partial charge in [0, 0.05) is 24.6 Å². The highest BCUT2D eigenvalue weighted by molar-refractivity contribution is 5.47. The number of ether oxygens (including phenoxy) is 2. The molecule has 1 aliphatic rings. The van der Waals surface area contributed by atoms with Crippen LogP contribution in [0.3, 0.4) is 0 Å². The number of benzene rings is 2. The van der Waals surface area contributed by atoms with Gasteiger partial charge in [-0.05, 0) is 18.6 Å². The van der Waals surface area contributed by atoms with Crippen LogP contribution in [0.15, 0.2) is 48.5 Å². The molecule has 0 aliphatic carbocycles. The van der Waals surface area contributed by atoms with Gasteiger partial charge in [0.1, 0.15) is 0 Å². The van der Waals surface area contributed by atoms with Crippen LogP contribution in [0.5, 0.6) is 11.5 Å². The predicted molar refractivity (Wildman–Crippen MR) is 83.7 cm³/mol. The molecule has 2 aromatic rings. The highest BCUT2D eigenvalue weighted by Gasteiger charge is 2.15. The summed E-state index contributed by atoms with van der Waals surface area (Å²) in [4.78, 5) is 0.